The number of hydrogen-bond donors (Lipinski definition) is 0. The van der Waals surface area contributed by atoms with Crippen LogP contribution < -0.4 is 34.0 Å². The Bertz CT molecular complexity index is 1400. The lowest BCUT2D eigenvalue weighted by Gasteiger charge is -2.34. The molecule has 0 saturated heterocycles. The minimum atomic E-state index is -2.95. The zero-order valence-corrected chi connectivity index (χ0v) is 29.3. The summed E-state index contributed by atoms with van der Waals surface area (Å²) < 4.78 is 39.0. The summed E-state index contributed by atoms with van der Waals surface area (Å²) in [6, 6.07) is 34.2. The third-order valence-corrected chi connectivity index (χ3v) is 16.3. The van der Waals surface area contributed by atoms with Gasteiger partial charge < -0.3 is 26.6 Å². The highest BCUT2D eigenvalue weighted by Crippen LogP contribution is 2.40. The van der Waals surface area contributed by atoms with Crippen molar-refractivity contribution in [2.75, 3.05) is 21.3 Å². The van der Waals surface area contributed by atoms with Crippen molar-refractivity contribution in [2.24, 2.45) is 0 Å². The molecule has 4 aromatic rings. The lowest BCUT2D eigenvalue weighted by Crippen LogP contribution is -2.56. The summed E-state index contributed by atoms with van der Waals surface area (Å²) in [6.07, 6.45) is 0. The zero-order valence-electron chi connectivity index (χ0n) is 24.3. The minimum absolute atomic E-state index is 0.519. The monoisotopic (exact) mass is 606 g/mol. The lowest BCUT2D eigenvalue weighted by atomic mass is 10.3. The van der Waals surface area contributed by atoms with E-state index in [-0.39, 0.29) is 0 Å². The molecule has 4 aromatic carbocycles. The molecule has 0 spiro atoms. The maximum absolute atomic E-state index is 6.96. The Morgan fingerprint density at radius 1 is 0.450 bits per heavy atom. The zero-order chi connectivity index (χ0) is 28.8. The number of hydrogen-bond acceptors (Lipinski definition) is 6. The minimum Gasteiger partial charge on any atom is -0.514 e. The molecule has 0 amide bonds. The summed E-state index contributed by atoms with van der Waals surface area (Å²) in [6.45, 7) is 6.11. The quantitative estimate of drug-likeness (QED) is 0.231. The Morgan fingerprint density at radius 2 is 0.800 bits per heavy atom. The highest BCUT2D eigenvalue weighted by Gasteiger charge is 2.43. The third kappa shape index (κ3) is 6.33. The van der Waals surface area contributed by atoms with E-state index in [2.05, 4.69) is 0 Å². The van der Waals surface area contributed by atoms with E-state index in [0.29, 0.717) is 17.2 Å². The summed E-state index contributed by atoms with van der Waals surface area (Å²) >= 11 is 0. The first kappa shape index (κ1) is 30.0. The highest BCUT2D eigenvalue weighted by atomic mass is 28.4. The van der Waals surface area contributed by atoms with Crippen LogP contribution in [0.15, 0.2) is 103 Å². The van der Waals surface area contributed by atoms with Crippen molar-refractivity contribution in [1.29, 1.82) is 0 Å². The topological polar surface area (TPSA) is 55.4 Å². The Balaban J connectivity index is 1.88. The molecular formula is C30H38O6Si4. The second-order valence-electron chi connectivity index (χ2n) is 9.89. The predicted molar refractivity (Wildman–Crippen MR) is 172 cm³/mol. The fourth-order valence-corrected chi connectivity index (χ4v) is 10.6. The van der Waals surface area contributed by atoms with Gasteiger partial charge in [-0.05, 0) is 30.9 Å². The van der Waals surface area contributed by atoms with Crippen molar-refractivity contribution in [2.45, 2.75) is 19.6 Å². The van der Waals surface area contributed by atoms with E-state index >= 15 is 0 Å². The summed E-state index contributed by atoms with van der Waals surface area (Å²) in [5, 5.41) is 4.06. The van der Waals surface area contributed by atoms with E-state index in [0.717, 1.165) is 31.0 Å². The van der Waals surface area contributed by atoms with Crippen molar-refractivity contribution < 1.29 is 26.6 Å². The Hall–Kier alpha value is -2.97. The van der Waals surface area contributed by atoms with Crippen molar-refractivity contribution in [3.8, 4) is 17.2 Å². The second kappa shape index (κ2) is 12.7. The fourth-order valence-electron chi connectivity index (χ4n) is 4.42. The molecule has 3 atom stereocenters. The van der Waals surface area contributed by atoms with Crippen LogP contribution in [-0.4, -0.2) is 57.3 Å². The van der Waals surface area contributed by atoms with Gasteiger partial charge in [-0.15, -0.1) is 0 Å². The van der Waals surface area contributed by atoms with Crippen LogP contribution in [0.25, 0.3) is 0 Å². The average Bonchev–Trinajstić information content (AvgIpc) is 3.01. The SMILES string of the molecule is CO[Si](C)(Oc1ccc([SiH3])c(O[Si](C)(OC)c2ccccc2)c1O[Si](C)(OC)c1ccccc1)c1ccccc1. The molecule has 0 fully saturated rings. The maximum atomic E-state index is 6.96. The molecule has 0 bridgehead atoms. The Labute approximate surface area is 244 Å². The Kier molecular flexibility index (Phi) is 9.51. The van der Waals surface area contributed by atoms with Gasteiger partial charge >= 0.3 is 25.7 Å². The number of benzene rings is 4. The van der Waals surface area contributed by atoms with Gasteiger partial charge in [-0.25, -0.2) is 0 Å². The standard InChI is InChI=1S/C30H38O6Si4/c1-31-38(4,24-16-10-7-11-17-24)34-27-22-23-28(37)30(36-40(6,33-3)26-20-14-9-15-21-26)29(27)35-39(5,32-2)25-18-12-8-13-19-25/h7-23H,1-6,37H3. The molecule has 0 radical (unpaired) electrons. The van der Waals surface area contributed by atoms with Crippen molar-refractivity contribution in [3.05, 3.63) is 103 Å². The van der Waals surface area contributed by atoms with Crippen LogP contribution in [0.5, 0.6) is 17.2 Å². The molecule has 0 saturated carbocycles. The first-order chi connectivity index (χ1) is 19.2. The average molecular weight is 607 g/mol. The molecule has 0 aliphatic heterocycles. The first-order valence-electron chi connectivity index (χ1n) is 13.2. The molecule has 0 heterocycles. The molecule has 0 aliphatic carbocycles. The van der Waals surface area contributed by atoms with Gasteiger partial charge in [0.2, 0.25) is 0 Å². The van der Waals surface area contributed by atoms with E-state index in [4.69, 9.17) is 26.6 Å². The summed E-state index contributed by atoms with van der Waals surface area (Å²) in [4.78, 5) is 0. The van der Waals surface area contributed by atoms with E-state index in [1.54, 1.807) is 21.3 Å². The van der Waals surface area contributed by atoms with Crippen LogP contribution in [0.1, 0.15) is 0 Å². The normalized spacial score (nSPS) is 15.8. The molecule has 40 heavy (non-hydrogen) atoms. The van der Waals surface area contributed by atoms with Crippen LogP contribution in [0.4, 0.5) is 0 Å². The Morgan fingerprint density at radius 3 is 1.18 bits per heavy atom. The van der Waals surface area contributed by atoms with E-state index in [1.807, 2.05) is 123 Å². The lowest BCUT2D eigenvalue weighted by molar-refractivity contribution is 0.289. The molecular weight excluding hydrogens is 569 g/mol. The highest BCUT2D eigenvalue weighted by molar-refractivity contribution is 6.82. The van der Waals surface area contributed by atoms with Gasteiger partial charge in [-0.3, -0.25) is 0 Å². The van der Waals surface area contributed by atoms with Crippen molar-refractivity contribution in [1.82, 2.24) is 0 Å². The summed E-state index contributed by atoms with van der Waals surface area (Å²) in [5.41, 5.74) is 0. The van der Waals surface area contributed by atoms with Crippen LogP contribution >= 0.6 is 0 Å². The van der Waals surface area contributed by atoms with Gasteiger partial charge in [0.05, 0.1) is 0 Å². The van der Waals surface area contributed by atoms with Crippen LogP contribution in [0.3, 0.4) is 0 Å². The first-order valence-corrected chi connectivity index (χ1v) is 21.2. The van der Waals surface area contributed by atoms with Gasteiger partial charge in [0.25, 0.3) is 0 Å². The van der Waals surface area contributed by atoms with Crippen LogP contribution in [-0.2, 0) is 13.3 Å². The van der Waals surface area contributed by atoms with Crippen molar-refractivity contribution >= 4 is 56.7 Å². The summed E-state index contributed by atoms with van der Waals surface area (Å²) in [7, 11) is -2.89. The van der Waals surface area contributed by atoms with E-state index < -0.39 is 25.7 Å². The number of rotatable bonds is 12. The predicted octanol–water partition coefficient (Wildman–Crippen LogP) is 2.69. The molecule has 0 aromatic heterocycles. The van der Waals surface area contributed by atoms with Gasteiger partial charge in [-0.2, -0.15) is 0 Å². The molecule has 0 N–H and O–H groups in total. The van der Waals surface area contributed by atoms with E-state index in [9.17, 15) is 0 Å². The fraction of sp³-hybridized carbons (Fsp3) is 0.200. The second-order valence-corrected chi connectivity index (χ2v) is 20.2. The van der Waals surface area contributed by atoms with Gasteiger partial charge in [0.1, 0.15) is 5.75 Å². The smallest absolute Gasteiger partial charge is 0.430 e. The van der Waals surface area contributed by atoms with Crippen molar-refractivity contribution in [3.63, 3.8) is 0 Å². The molecule has 0 aliphatic rings. The maximum Gasteiger partial charge on any atom is 0.430 e. The molecule has 6 nitrogen and oxygen atoms in total. The van der Waals surface area contributed by atoms with Crippen LogP contribution in [0.2, 0.25) is 19.6 Å². The largest absolute Gasteiger partial charge is 0.514 e. The van der Waals surface area contributed by atoms with Gasteiger partial charge in [0, 0.05) is 47.1 Å². The van der Waals surface area contributed by atoms with Crippen LogP contribution in [0, 0.1) is 0 Å². The molecule has 210 valence electrons. The van der Waals surface area contributed by atoms with Gasteiger partial charge in [-0.1, -0.05) is 97.1 Å². The summed E-state index contributed by atoms with van der Waals surface area (Å²) in [5.74, 6) is 1.71. The molecule has 4 rings (SSSR count). The molecule has 10 heteroatoms. The van der Waals surface area contributed by atoms with Gasteiger partial charge in [0.15, 0.2) is 11.5 Å². The van der Waals surface area contributed by atoms with E-state index in [1.165, 1.54) is 0 Å². The third-order valence-electron chi connectivity index (χ3n) is 7.23. The molecule has 3 unspecified atom stereocenters.